The first kappa shape index (κ1) is 12.2. The minimum Gasteiger partial charge on any atom is -0.366 e. The summed E-state index contributed by atoms with van der Waals surface area (Å²) in [6.07, 6.45) is 1.86. The maximum absolute atomic E-state index is 11.7. The average Bonchev–Trinajstić information content (AvgIpc) is 3.01. The van der Waals surface area contributed by atoms with Gasteiger partial charge >= 0.3 is 0 Å². The zero-order valence-electron chi connectivity index (χ0n) is 10.8. The van der Waals surface area contributed by atoms with Crippen LogP contribution in [-0.2, 0) is 0 Å². The normalized spacial score (nSPS) is 10.4. The number of benzene rings is 2. The first-order chi connectivity index (χ1) is 9.77. The van der Waals surface area contributed by atoms with E-state index in [1.807, 2.05) is 60.8 Å². The number of aromatic amines is 1. The number of H-pyrrole nitrogens is 1. The topological polar surface area (TPSA) is 58.9 Å². The van der Waals surface area contributed by atoms with Crippen LogP contribution in [0, 0.1) is 0 Å². The summed E-state index contributed by atoms with van der Waals surface area (Å²) in [5.41, 5.74) is 9.83. The van der Waals surface area contributed by atoms with Crippen LogP contribution < -0.4 is 5.73 Å². The second-order valence-electron chi connectivity index (χ2n) is 4.54. The van der Waals surface area contributed by atoms with Gasteiger partial charge in [0.25, 0.3) is 0 Å². The van der Waals surface area contributed by atoms with Crippen LogP contribution in [0.1, 0.15) is 10.4 Å². The molecule has 0 aliphatic heterocycles. The molecule has 0 radical (unpaired) electrons. The molecule has 1 aromatic heterocycles. The van der Waals surface area contributed by atoms with E-state index < -0.39 is 5.91 Å². The predicted octanol–water partition coefficient (Wildman–Crippen LogP) is 3.45. The molecule has 0 saturated heterocycles. The highest BCUT2D eigenvalue weighted by atomic mass is 16.1. The number of hydrogen-bond acceptors (Lipinski definition) is 1. The van der Waals surface area contributed by atoms with Gasteiger partial charge in [-0.15, -0.1) is 0 Å². The lowest BCUT2D eigenvalue weighted by Crippen LogP contribution is -2.12. The van der Waals surface area contributed by atoms with Gasteiger partial charge in [-0.05, 0) is 23.8 Å². The third kappa shape index (κ3) is 2.10. The van der Waals surface area contributed by atoms with Crippen LogP contribution in [0.5, 0.6) is 0 Å². The lowest BCUT2D eigenvalue weighted by Gasteiger charge is -2.12. The van der Waals surface area contributed by atoms with E-state index in [1.165, 1.54) is 0 Å². The van der Waals surface area contributed by atoms with Crippen molar-refractivity contribution in [3.63, 3.8) is 0 Å². The molecule has 3 N–H and O–H groups in total. The van der Waals surface area contributed by atoms with Gasteiger partial charge in [0.1, 0.15) is 0 Å². The van der Waals surface area contributed by atoms with E-state index in [0.717, 1.165) is 22.4 Å². The number of carbonyl (C=O) groups excluding carboxylic acids is 1. The zero-order chi connectivity index (χ0) is 13.9. The molecular weight excluding hydrogens is 248 g/mol. The second kappa shape index (κ2) is 5.05. The van der Waals surface area contributed by atoms with Gasteiger partial charge in [0.2, 0.25) is 5.91 Å². The summed E-state index contributed by atoms with van der Waals surface area (Å²) in [4.78, 5) is 14.9. The van der Waals surface area contributed by atoms with Gasteiger partial charge in [-0.2, -0.15) is 0 Å². The Morgan fingerprint density at radius 1 is 0.900 bits per heavy atom. The van der Waals surface area contributed by atoms with Gasteiger partial charge in [0.05, 0.1) is 0 Å². The summed E-state index contributed by atoms with van der Waals surface area (Å²) < 4.78 is 0. The molecule has 3 nitrogen and oxygen atoms in total. The highest BCUT2D eigenvalue weighted by Gasteiger charge is 2.15. The summed E-state index contributed by atoms with van der Waals surface area (Å²) in [6.45, 7) is 0. The van der Waals surface area contributed by atoms with E-state index >= 15 is 0 Å². The fraction of sp³-hybridized carbons (Fsp3) is 0. The van der Waals surface area contributed by atoms with Crippen molar-refractivity contribution in [2.75, 3.05) is 0 Å². The van der Waals surface area contributed by atoms with Gasteiger partial charge in [0.15, 0.2) is 0 Å². The van der Waals surface area contributed by atoms with E-state index in [0.29, 0.717) is 5.56 Å². The van der Waals surface area contributed by atoms with Gasteiger partial charge in [-0.3, -0.25) is 4.79 Å². The van der Waals surface area contributed by atoms with Crippen molar-refractivity contribution < 1.29 is 4.79 Å². The molecule has 0 unspecified atom stereocenters. The quantitative estimate of drug-likeness (QED) is 0.746. The summed E-state index contributed by atoms with van der Waals surface area (Å²) in [6, 6.07) is 19.3. The number of hydrogen-bond donors (Lipinski definition) is 2. The Kier molecular flexibility index (Phi) is 3.09. The predicted molar refractivity (Wildman–Crippen MR) is 80.2 cm³/mol. The average molecular weight is 262 g/mol. The smallest absolute Gasteiger partial charge is 0.249 e. The van der Waals surface area contributed by atoms with Crippen LogP contribution in [0.3, 0.4) is 0 Å². The molecule has 0 aliphatic carbocycles. The molecule has 3 rings (SSSR count). The molecule has 3 heteroatoms. The van der Waals surface area contributed by atoms with Crippen LogP contribution >= 0.6 is 0 Å². The van der Waals surface area contributed by atoms with Crippen LogP contribution in [0.25, 0.3) is 22.4 Å². The summed E-state index contributed by atoms with van der Waals surface area (Å²) in [7, 11) is 0. The number of aromatic nitrogens is 1. The van der Waals surface area contributed by atoms with E-state index in [-0.39, 0.29) is 0 Å². The fourth-order valence-electron chi connectivity index (χ4n) is 2.40. The van der Waals surface area contributed by atoms with E-state index in [9.17, 15) is 4.79 Å². The van der Waals surface area contributed by atoms with Crippen molar-refractivity contribution in [2.24, 2.45) is 5.73 Å². The third-order valence-corrected chi connectivity index (χ3v) is 3.28. The summed E-state index contributed by atoms with van der Waals surface area (Å²) in [5, 5.41) is 0. The molecule has 0 bridgehead atoms. The lowest BCUT2D eigenvalue weighted by molar-refractivity contribution is 0.100. The first-order valence-corrected chi connectivity index (χ1v) is 6.39. The summed E-state index contributed by atoms with van der Waals surface area (Å²) in [5.74, 6) is -0.419. The maximum Gasteiger partial charge on any atom is 0.249 e. The monoisotopic (exact) mass is 262 g/mol. The summed E-state index contributed by atoms with van der Waals surface area (Å²) >= 11 is 0. The van der Waals surface area contributed by atoms with Gasteiger partial charge in [0, 0.05) is 28.6 Å². The maximum atomic E-state index is 11.7. The molecular formula is C17H14N2O. The number of nitrogens with two attached hydrogens (primary N) is 1. The fourth-order valence-corrected chi connectivity index (χ4v) is 2.40. The van der Waals surface area contributed by atoms with Crippen molar-refractivity contribution in [3.8, 4) is 22.4 Å². The van der Waals surface area contributed by atoms with Crippen molar-refractivity contribution >= 4 is 5.91 Å². The highest BCUT2D eigenvalue weighted by molar-refractivity contribution is 6.03. The molecule has 0 atom stereocenters. The molecule has 2 aromatic carbocycles. The Morgan fingerprint density at radius 3 is 2.35 bits per heavy atom. The van der Waals surface area contributed by atoms with Crippen molar-refractivity contribution in [1.82, 2.24) is 4.98 Å². The number of amides is 1. The number of nitrogens with one attached hydrogen (secondary N) is 1. The van der Waals surface area contributed by atoms with Crippen molar-refractivity contribution in [3.05, 3.63) is 72.4 Å². The van der Waals surface area contributed by atoms with Crippen molar-refractivity contribution in [2.45, 2.75) is 0 Å². The molecule has 1 heterocycles. The number of carbonyl (C=O) groups is 1. The largest absolute Gasteiger partial charge is 0.366 e. The van der Waals surface area contributed by atoms with E-state index in [4.69, 9.17) is 5.73 Å². The molecule has 98 valence electrons. The Bertz CT molecular complexity index is 731. The lowest BCUT2D eigenvalue weighted by atomic mass is 9.92. The Morgan fingerprint density at radius 2 is 1.70 bits per heavy atom. The van der Waals surface area contributed by atoms with Gasteiger partial charge in [-0.25, -0.2) is 0 Å². The van der Waals surface area contributed by atoms with Gasteiger partial charge < -0.3 is 10.7 Å². The number of primary amides is 1. The third-order valence-electron chi connectivity index (χ3n) is 3.28. The molecule has 0 saturated carbocycles. The zero-order valence-corrected chi connectivity index (χ0v) is 10.8. The van der Waals surface area contributed by atoms with Crippen LogP contribution in [-0.4, -0.2) is 10.9 Å². The Labute approximate surface area is 117 Å². The molecule has 0 fully saturated rings. The Hall–Kier alpha value is -2.81. The standard InChI is InChI=1S/C17H14N2O/c18-17(20)14-9-4-8-13(15-10-5-11-19-15)16(14)12-6-2-1-3-7-12/h1-11,19H,(H2,18,20). The minimum atomic E-state index is -0.419. The van der Waals surface area contributed by atoms with Gasteiger partial charge in [-0.1, -0.05) is 42.5 Å². The molecule has 0 spiro atoms. The van der Waals surface area contributed by atoms with E-state index in [2.05, 4.69) is 4.98 Å². The SMILES string of the molecule is NC(=O)c1cccc(-c2ccc[nH]2)c1-c1ccccc1. The van der Waals surface area contributed by atoms with E-state index in [1.54, 1.807) is 6.07 Å². The van der Waals surface area contributed by atoms with Crippen LogP contribution in [0.15, 0.2) is 66.9 Å². The Balaban J connectivity index is 2.31. The first-order valence-electron chi connectivity index (χ1n) is 6.39. The molecule has 20 heavy (non-hydrogen) atoms. The van der Waals surface area contributed by atoms with Crippen LogP contribution in [0.4, 0.5) is 0 Å². The molecule has 1 amide bonds. The highest BCUT2D eigenvalue weighted by Crippen LogP contribution is 2.33. The van der Waals surface area contributed by atoms with Crippen LogP contribution in [0.2, 0.25) is 0 Å². The van der Waals surface area contributed by atoms with Crippen molar-refractivity contribution in [1.29, 1.82) is 0 Å². The second-order valence-corrected chi connectivity index (χ2v) is 4.54. The molecule has 0 aliphatic rings. The number of rotatable bonds is 3. The minimum absolute atomic E-state index is 0.419. The molecule has 3 aromatic rings.